The maximum atomic E-state index is 9.92. The van der Waals surface area contributed by atoms with Gasteiger partial charge in [0.15, 0.2) is 0 Å². The van der Waals surface area contributed by atoms with Gasteiger partial charge in [-0.3, -0.25) is 0 Å². The molecule has 0 spiro atoms. The number of ether oxygens (including phenoxy) is 1. The second-order valence-corrected chi connectivity index (χ2v) is 13.2. The minimum Gasteiger partial charge on any atom is -0.407 e. The number of hydrogen-bond acceptors (Lipinski definition) is 3. The summed E-state index contributed by atoms with van der Waals surface area (Å²) in [4.78, 5) is 0. The van der Waals surface area contributed by atoms with E-state index in [0.717, 1.165) is 0 Å². The fourth-order valence-corrected chi connectivity index (χ4v) is 9.50. The van der Waals surface area contributed by atoms with Crippen LogP contribution in [0, 0.1) is 11.8 Å². The minimum absolute atomic E-state index is 0.0303. The van der Waals surface area contributed by atoms with Crippen LogP contribution in [0.1, 0.15) is 20.8 Å². The molecule has 0 amide bonds. The smallest absolute Gasteiger partial charge is 0.261 e. The minimum atomic E-state index is -2.55. The van der Waals surface area contributed by atoms with E-state index in [4.69, 9.17) is 9.16 Å². The maximum Gasteiger partial charge on any atom is 0.261 e. The first-order chi connectivity index (χ1) is 13.5. The van der Waals surface area contributed by atoms with Gasteiger partial charge in [-0.25, -0.2) is 0 Å². The van der Waals surface area contributed by atoms with Crippen LogP contribution < -0.4 is 10.4 Å². The zero-order valence-corrected chi connectivity index (χ0v) is 17.9. The second-order valence-electron chi connectivity index (χ2n) is 8.93. The van der Waals surface area contributed by atoms with Crippen LogP contribution in [0.25, 0.3) is 0 Å². The van der Waals surface area contributed by atoms with Crippen molar-refractivity contribution in [2.24, 2.45) is 11.8 Å². The van der Waals surface area contributed by atoms with Crippen LogP contribution in [0.3, 0.4) is 0 Å². The maximum absolute atomic E-state index is 9.92. The molecule has 4 rings (SSSR count). The summed E-state index contributed by atoms with van der Waals surface area (Å²) in [5.74, 6) is 0.315. The summed E-state index contributed by atoms with van der Waals surface area (Å²) in [5, 5.41) is 12.5. The molecule has 0 unspecified atom stereocenters. The third-order valence-electron chi connectivity index (χ3n) is 6.32. The summed E-state index contributed by atoms with van der Waals surface area (Å²) < 4.78 is 13.1. The average molecular weight is 395 g/mol. The molecule has 2 aliphatic rings. The predicted octanol–water partition coefficient (Wildman–Crippen LogP) is 3.12. The molecule has 4 atom stereocenters. The number of fused-ring (bicyclic) bond motifs is 2. The molecule has 2 heterocycles. The van der Waals surface area contributed by atoms with Crippen LogP contribution in [0.5, 0.6) is 0 Å². The highest BCUT2D eigenvalue weighted by Crippen LogP contribution is 2.42. The first-order valence-corrected chi connectivity index (χ1v) is 12.1. The van der Waals surface area contributed by atoms with Gasteiger partial charge in [0.05, 0.1) is 12.2 Å². The average Bonchev–Trinajstić information content (AvgIpc) is 3.30. The molecule has 1 fully saturated rings. The van der Waals surface area contributed by atoms with Gasteiger partial charge in [-0.15, -0.1) is 0 Å². The Bertz CT molecular complexity index is 773. The molecule has 0 aromatic heterocycles. The van der Waals surface area contributed by atoms with Gasteiger partial charge in [-0.05, 0) is 15.4 Å². The molecule has 2 aromatic rings. The van der Waals surface area contributed by atoms with Crippen molar-refractivity contribution in [3.05, 3.63) is 72.8 Å². The van der Waals surface area contributed by atoms with Crippen LogP contribution in [-0.4, -0.2) is 38.8 Å². The van der Waals surface area contributed by atoms with Crippen LogP contribution in [0.4, 0.5) is 0 Å². The number of benzene rings is 2. The van der Waals surface area contributed by atoms with Crippen LogP contribution >= 0.6 is 0 Å². The molecular weight excluding hydrogens is 364 g/mol. The Balaban J connectivity index is 1.74. The van der Waals surface area contributed by atoms with Gasteiger partial charge in [-0.1, -0.05) is 93.6 Å². The lowest BCUT2D eigenvalue weighted by molar-refractivity contribution is 0.0916. The van der Waals surface area contributed by atoms with Crippen molar-refractivity contribution in [1.29, 1.82) is 0 Å². The Morgan fingerprint density at radius 2 is 1.36 bits per heavy atom. The highest BCUT2D eigenvalue weighted by Gasteiger charge is 2.52. The van der Waals surface area contributed by atoms with Gasteiger partial charge in [0.25, 0.3) is 8.32 Å². The molecule has 0 aliphatic carbocycles. The molecule has 2 aromatic carbocycles. The van der Waals surface area contributed by atoms with E-state index in [2.05, 4.69) is 93.6 Å². The number of rotatable bonds is 6. The molecule has 0 radical (unpaired) electrons. The summed E-state index contributed by atoms with van der Waals surface area (Å²) in [6.45, 7) is 7.62. The van der Waals surface area contributed by atoms with Crippen molar-refractivity contribution in [2.45, 2.75) is 38.0 Å². The molecule has 3 nitrogen and oxygen atoms in total. The van der Waals surface area contributed by atoms with Crippen molar-refractivity contribution in [3.63, 3.8) is 0 Å². The lowest BCUT2D eigenvalue weighted by Gasteiger charge is -2.44. The van der Waals surface area contributed by atoms with Crippen molar-refractivity contribution in [2.75, 3.05) is 13.2 Å². The van der Waals surface area contributed by atoms with E-state index in [1.165, 1.54) is 10.4 Å². The fraction of sp³-hybridized carbons (Fsp3) is 0.417. The predicted molar refractivity (Wildman–Crippen MR) is 115 cm³/mol. The molecule has 0 saturated carbocycles. The quantitative estimate of drug-likeness (QED) is 0.604. The van der Waals surface area contributed by atoms with Gasteiger partial charge < -0.3 is 14.3 Å². The number of hydrogen-bond donors (Lipinski definition) is 1. The van der Waals surface area contributed by atoms with Gasteiger partial charge in [-0.2, -0.15) is 0 Å². The second kappa shape index (κ2) is 7.60. The highest BCUT2D eigenvalue weighted by molar-refractivity contribution is 6.99. The lowest BCUT2D eigenvalue weighted by atomic mass is 9.84. The molecule has 2 bridgehead atoms. The zero-order valence-electron chi connectivity index (χ0n) is 16.9. The van der Waals surface area contributed by atoms with Crippen molar-refractivity contribution < 1.29 is 14.3 Å². The topological polar surface area (TPSA) is 38.7 Å². The molecular formula is C24H30O3Si. The van der Waals surface area contributed by atoms with Gasteiger partial charge in [0, 0.05) is 25.0 Å². The molecule has 4 heteroatoms. The fourth-order valence-electron chi connectivity index (χ4n) is 4.91. The van der Waals surface area contributed by atoms with Crippen LogP contribution in [0.15, 0.2) is 72.8 Å². The van der Waals surface area contributed by atoms with Gasteiger partial charge in [0.2, 0.25) is 0 Å². The summed E-state index contributed by atoms with van der Waals surface area (Å²) >= 11 is 0. The van der Waals surface area contributed by atoms with E-state index in [-0.39, 0.29) is 35.7 Å². The van der Waals surface area contributed by atoms with Gasteiger partial charge in [0.1, 0.15) is 0 Å². The number of aliphatic hydroxyl groups is 1. The SMILES string of the molecule is CC(C)(C)[Si](OC[C@H]1[C@@H](CO)[C@@H]2C=C[C@H]1O2)(c1ccccc1)c1ccccc1. The Hall–Kier alpha value is -1.72. The molecule has 2 aliphatic heterocycles. The zero-order chi connectivity index (χ0) is 19.8. The van der Waals surface area contributed by atoms with E-state index < -0.39 is 8.32 Å². The Kier molecular flexibility index (Phi) is 5.32. The van der Waals surface area contributed by atoms with E-state index in [0.29, 0.717) is 6.61 Å². The normalized spacial score (nSPS) is 26.7. The van der Waals surface area contributed by atoms with Crippen molar-refractivity contribution in [3.8, 4) is 0 Å². The monoisotopic (exact) mass is 394 g/mol. The van der Waals surface area contributed by atoms with Crippen LogP contribution in [0.2, 0.25) is 5.04 Å². The Labute approximate surface area is 169 Å². The van der Waals surface area contributed by atoms with E-state index in [1.54, 1.807) is 0 Å². The first-order valence-electron chi connectivity index (χ1n) is 10.2. The third kappa shape index (κ3) is 3.18. The largest absolute Gasteiger partial charge is 0.407 e. The summed E-state index contributed by atoms with van der Waals surface area (Å²) in [7, 11) is -2.55. The Morgan fingerprint density at radius 1 is 0.857 bits per heavy atom. The van der Waals surface area contributed by atoms with E-state index in [9.17, 15) is 5.11 Å². The first kappa shape index (κ1) is 19.6. The van der Waals surface area contributed by atoms with Gasteiger partial charge >= 0.3 is 0 Å². The molecule has 148 valence electrons. The summed E-state index contributed by atoms with van der Waals surface area (Å²) in [6.07, 6.45) is 4.31. The van der Waals surface area contributed by atoms with E-state index >= 15 is 0 Å². The van der Waals surface area contributed by atoms with E-state index in [1.807, 2.05) is 0 Å². The standard InChI is InChI=1S/C24H30O3Si/c1-24(2,3)28(18-10-6-4-7-11-18,19-12-8-5-9-13-19)26-17-21-20(16-25)22-14-15-23(21)27-22/h4-15,20-23,25H,16-17H2,1-3H3/t20-,21+,22+,23-/m1/s1. The molecule has 1 N–H and O–H groups in total. The van der Waals surface area contributed by atoms with Crippen LogP contribution in [-0.2, 0) is 9.16 Å². The highest BCUT2D eigenvalue weighted by atomic mass is 28.4. The summed E-state index contributed by atoms with van der Waals surface area (Å²) in [6, 6.07) is 21.4. The number of aliphatic hydroxyl groups excluding tert-OH is 1. The Morgan fingerprint density at radius 3 is 1.82 bits per heavy atom. The third-order valence-corrected chi connectivity index (χ3v) is 11.3. The summed E-state index contributed by atoms with van der Waals surface area (Å²) in [5.41, 5.74) is 0. The molecule has 28 heavy (non-hydrogen) atoms. The van der Waals surface area contributed by atoms with Crippen molar-refractivity contribution in [1.82, 2.24) is 0 Å². The van der Waals surface area contributed by atoms with Crippen molar-refractivity contribution >= 4 is 18.7 Å². The lowest BCUT2D eigenvalue weighted by Crippen LogP contribution is -2.67. The molecule has 1 saturated heterocycles.